The van der Waals surface area contributed by atoms with Gasteiger partial charge in [0.15, 0.2) is 5.75 Å². The Balaban J connectivity index is 2.16. The van der Waals surface area contributed by atoms with E-state index < -0.39 is 23.5 Å². The normalized spacial score (nSPS) is 11.8. The first-order chi connectivity index (χ1) is 12.6. The molecule has 0 atom stereocenters. The van der Waals surface area contributed by atoms with Gasteiger partial charge in [0.05, 0.1) is 16.8 Å². The van der Waals surface area contributed by atoms with E-state index in [0.717, 1.165) is 12.1 Å². The maximum absolute atomic E-state index is 14.1. The van der Waals surface area contributed by atoms with Crippen molar-refractivity contribution < 1.29 is 27.1 Å². The van der Waals surface area contributed by atoms with Crippen molar-refractivity contribution in [2.75, 3.05) is 0 Å². The number of alkyl halides is 3. The van der Waals surface area contributed by atoms with Crippen molar-refractivity contribution in [3.63, 3.8) is 0 Å². The first-order valence-corrected chi connectivity index (χ1v) is 8.21. The standard InChI is InChI=1S/C20H17F4NO2/c1-11-7-16-18(9-17(11)21)25(12(2)19(16)27-13(3)26)10-14-5-4-6-15(8-14)20(22,23)24/h4-9H,10H2,1-3H3. The summed E-state index contributed by atoms with van der Waals surface area (Å²) in [5, 5.41) is 0.536. The van der Waals surface area contributed by atoms with Gasteiger partial charge in [0.1, 0.15) is 5.82 Å². The Morgan fingerprint density at radius 2 is 1.85 bits per heavy atom. The fraction of sp³-hybridized carbons (Fsp3) is 0.250. The fourth-order valence-corrected chi connectivity index (χ4v) is 3.08. The van der Waals surface area contributed by atoms with Gasteiger partial charge in [-0.05, 0) is 49.2 Å². The monoisotopic (exact) mass is 379 g/mol. The fourth-order valence-electron chi connectivity index (χ4n) is 3.08. The van der Waals surface area contributed by atoms with Gasteiger partial charge in [-0.15, -0.1) is 0 Å². The van der Waals surface area contributed by atoms with Gasteiger partial charge in [-0.2, -0.15) is 13.2 Å². The summed E-state index contributed by atoms with van der Waals surface area (Å²) in [6, 6.07) is 7.82. The number of hydrogen-bond acceptors (Lipinski definition) is 2. The maximum Gasteiger partial charge on any atom is 0.416 e. The zero-order valence-corrected chi connectivity index (χ0v) is 14.9. The molecule has 142 valence electrons. The van der Waals surface area contributed by atoms with Gasteiger partial charge in [-0.1, -0.05) is 12.1 Å². The van der Waals surface area contributed by atoms with E-state index in [2.05, 4.69) is 0 Å². The molecule has 0 radical (unpaired) electrons. The number of ether oxygens (including phenoxy) is 1. The molecular formula is C20H17F4NO2. The van der Waals surface area contributed by atoms with Crippen LogP contribution in [-0.2, 0) is 17.5 Å². The minimum Gasteiger partial charge on any atom is -0.424 e. The van der Waals surface area contributed by atoms with Gasteiger partial charge >= 0.3 is 12.1 Å². The summed E-state index contributed by atoms with van der Waals surface area (Å²) in [5.74, 6) is -0.689. The minimum atomic E-state index is -4.45. The van der Waals surface area contributed by atoms with Gasteiger partial charge in [-0.3, -0.25) is 4.79 Å². The smallest absolute Gasteiger partial charge is 0.416 e. The zero-order chi connectivity index (χ0) is 19.9. The molecule has 0 unspecified atom stereocenters. The second kappa shape index (κ2) is 6.72. The Hall–Kier alpha value is -2.83. The molecule has 3 rings (SSSR count). The molecule has 27 heavy (non-hydrogen) atoms. The topological polar surface area (TPSA) is 31.2 Å². The SMILES string of the molecule is CC(=O)Oc1c(C)n(Cc2cccc(C(F)(F)F)c2)c2cc(F)c(C)cc12. The van der Waals surface area contributed by atoms with Crippen molar-refractivity contribution in [1.82, 2.24) is 4.57 Å². The van der Waals surface area contributed by atoms with Crippen molar-refractivity contribution in [3.05, 3.63) is 64.6 Å². The number of hydrogen-bond donors (Lipinski definition) is 0. The summed E-state index contributed by atoms with van der Waals surface area (Å²) in [7, 11) is 0. The average molecular weight is 379 g/mol. The largest absolute Gasteiger partial charge is 0.424 e. The average Bonchev–Trinajstić information content (AvgIpc) is 2.80. The Morgan fingerprint density at radius 3 is 2.48 bits per heavy atom. The van der Waals surface area contributed by atoms with E-state index in [0.29, 0.717) is 27.7 Å². The van der Waals surface area contributed by atoms with Gasteiger partial charge in [0.25, 0.3) is 0 Å². The zero-order valence-electron chi connectivity index (χ0n) is 14.9. The third-order valence-corrected chi connectivity index (χ3v) is 4.39. The molecular weight excluding hydrogens is 362 g/mol. The highest BCUT2D eigenvalue weighted by atomic mass is 19.4. The van der Waals surface area contributed by atoms with Crippen LogP contribution in [0.4, 0.5) is 17.6 Å². The lowest BCUT2D eigenvalue weighted by Gasteiger charge is -2.12. The number of carbonyl (C=O) groups excluding carboxylic acids is 1. The number of fused-ring (bicyclic) bond motifs is 1. The lowest BCUT2D eigenvalue weighted by Crippen LogP contribution is -2.08. The number of aryl methyl sites for hydroxylation is 1. The predicted molar refractivity (Wildman–Crippen MR) is 93.2 cm³/mol. The van der Waals surface area contributed by atoms with Crippen LogP contribution in [0.25, 0.3) is 10.9 Å². The number of nitrogens with zero attached hydrogens (tertiary/aromatic N) is 1. The van der Waals surface area contributed by atoms with E-state index in [1.54, 1.807) is 30.5 Å². The number of esters is 1. The molecule has 7 heteroatoms. The molecule has 3 aromatic rings. The van der Waals surface area contributed by atoms with Crippen molar-refractivity contribution in [2.24, 2.45) is 0 Å². The molecule has 0 aliphatic rings. The van der Waals surface area contributed by atoms with Crippen LogP contribution in [0.5, 0.6) is 5.75 Å². The number of aromatic nitrogens is 1. The molecule has 2 aromatic carbocycles. The summed E-state index contributed by atoms with van der Waals surface area (Å²) in [4.78, 5) is 11.5. The maximum atomic E-state index is 14.1. The third-order valence-electron chi connectivity index (χ3n) is 4.39. The molecule has 3 nitrogen and oxygen atoms in total. The van der Waals surface area contributed by atoms with Crippen molar-refractivity contribution in [3.8, 4) is 5.75 Å². The first-order valence-electron chi connectivity index (χ1n) is 8.21. The van der Waals surface area contributed by atoms with Gasteiger partial charge in [-0.25, -0.2) is 4.39 Å². The quantitative estimate of drug-likeness (QED) is 0.451. The Bertz CT molecular complexity index is 1030. The number of halogens is 4. The van der Waals surface area contributed by atoms with E-state index in [1.807, 2.05) is 0 Å². The van der Waals surface area contributed by atoms with E-state index in [9.17, 15) is 22.4 Å². The van der Waals surface area contributed by atoms with Gasteiger partial charge in [0.2, 0.25) is 0 Å². The lowest BCUT2D eigenvalue weighted by molar-refractivity contribution is -0.137. The summed E-state index contributed by atoms with van der Waals surface area (Å²) in [6.45, 7) is 4.60. The van der Waals surface area contributed by atoms with E-state index in [-0.39, 0.29) is 12.3 Å². The summed E-state index contributed by atoms with van der Waals surface area (Å²) in [6.07, 6.45) is -4.45. The van der Waals surface area contributed by atoms with E-state index >= 15 is 0 Å². The van der Waals surface area contributed by atoms with Crippen LogP contribution in [-0.4, -0.2) is 10.5 Å². The van der Waals surface area contributed by atoms with Crippen LogP contribution >= 0.6 is 0 Å². The number of benzene rings is 2. The summed E-state index contributed by atoms with van der Waals surface area (Å²) in [5.41, 5.74) is 1.01. The highest BCUT2D eigenvalue weighted by Gasteiger charge is 2.30. The first kappa shape index (κ1) is 18.9. The van der Waals surface area contributed by atoms with Crippen molar-refractivity contribution in [1.29, 1.82) is 0 Å². The van der Waals surface area contributed by atoms with Crippen LogP contribution in [0.1, 0.15) is 29.3 Å². The van der Waals surface area contributed by atoms with Crippen molar-refractivity contribution >= 4 is 16.9 Å². The molecule has 0 spiro atoms. The third kappa shape index (κ3) is 3.67. The number of rotatable bonds is 3. The van der Waals surface area contributed by atoms with Crippen LogP contribution in [0.3, 0.4) is 0 Å². The Morgan fingerprint density at radius 1 is 1.15 bits per heavy atom. The predicted octanol–water partition coefficient (Wildman–Crippen LogP) is 5.39. The lowest BCUT2D eigenvalue weighted by atomic mass is 10.1. The molecule has 0 fully saturated rings. The molecule has 0 saturated carbocycles. The van der Waals surface area contributed by atoms with E-state index in [4.69, 9.17) is 4.74 Å². The Labute approximate surface area is 153 Å². The molecule has 0 aliphatic heterocycles. The van der Waals surface area contributed by atoms with Gasteiger partial charge in [0, 0.05) is 18.9 Å². The Kier molecular flexibility index (Phi) is 4.71. The van der Waals surface area contributed by atoms with Crippen molar-refractivity contribution in [2.45, 2.75) is 33.5 Å². The molecule has 0 amide bonds. The second-order valence-electron chi connectivity index (χ2n) is 6.41. The highest BCUT2D eigenvalue weighted by molar-refractivity contribution is 5.91. The molecule has 1 aromatic heterocycles. The van der Waals surface area contributed by atoms with Gasteiger partial charge < -0.3 is 9.30 Å². The number of carbonyl (C=O) groups is 1. The molecule has 0 aliphatic carbocycles. The van der Waals surface area contributed by atoms with Crippen LogP contribution in [0.15, 0.2) is 36.4 Å². The van der Waals surface area contributed by atoms with Crippen LogP contribution < -0.4 is 4.74 Å². The highest BCUT2D eigenvalue weighted by Crippen LogP contribution is 2.36. The van der Waals surface area contributed by atoms with E-state index in [1.165, 1.54) is 19.1 Å². The molecule has 1 heterocycles. The molecule has 0 saturated heterocycles. The summed E-state index contributed by atoms with van der Waals surface area (Å²) >= 11 is 0. The second-order valence-corrected chi connectivity index (χ2v) is 6.41. The van der Waals surface area contributed by atoms with Crippen LogP contribution in [0.2, 0.25) is 0 Å². The van der Waals surface area contributed by atoms with Crippen LogP contribution in [0, 0.1) is 19.7 Å². The summed E-state index contributed by atoms with van der Waals surface area (Å²) < 4.78 is 60.0. The minimum absolute atomic E-state index is 0.0794. The molecule has 0 bridgehead atoms. The molecule has 0 N–H and O–H groups in total.